The van der Waals surface area contributed by atoms with Gasteiger partial charge in [0.2, 0.25) is 0 Å². The van der Waals surface area contributed by atoms with Crippen LogP contribution in [-0.2, 0) is 6.18 Å². The number of rotatable bonds is 6. The smallest absolute Gasteiger partial charge is 0.395 e. The summed E-state index contributed by atoms with van der Waals surface area (Å²) >= 11 is 12.4. The van der Waals surface area contributed by atoms with Gasteiger partial charge in [0.15, 0.2) is 23.0 Å². The van der Waals surface area contributed by atoms with Crippen LogP contribution in [0.4, 0.5) is 27.6 Å². The number of ether oxygens (including phenoxy) is 2. The number of alkyl halides is 5. The van der Waals surface area contributed by atoms with E-state index >= 15 is 0 Å². The summed E-state index contributed by atoms with van der Waals surface area (Å²) in [6.07, 6.45) is -4.74. The zero-order valence-corrected chi connectivity index (χ0v) is 21.4. The van der Waals surface area contributed by atoms with Gasteiger partial charge < -0.3 is 20.1 Å². The van der Waals surface area contributed by atoms with Gasteiger partial charge in [-0.2, -0.15) is 18.3 Å². The minimum absolute atomic E-state index is 0.119. The molecule has 6 rings (SSSR count). The highest BCUT2D eigenvalue weighted by molar-refractivity contribution is 6.35. The Bertz CT molecular complexity index is 1570. The van der Waals surface area contributed by atoms with E-state index in [0.717, 1.165) is 18.9 Å². The molecule has 0 saturated heterocycles. The predicted octanol–water partition coefficient (Wildman–Crippen LogP) is 5.84. The number of nitrogens with one attached hydrogen (secondary N) is 2. The summed E-state index contributed by atoms with van der Waals surface area (Å²) in [5.74, 6) is -3.42. The van der Waals surface area contributed by atoms with Gasteiger partial charge in [0.25, 0.3) is 11.8 Å². The molecule has 2 fully saturated rings. The molecule has 210 valence electrons. The Hall–Kier alpha value is -3.65. The third-order valence-electron chi connectivity index (χ3n) is 6.79. The SMILES string of the molecule is O=C(NC1(C2CC2)CC1)c1c(NC(=O)c2cc(C(F)(F)F)nn2-c2ncccc2Cl)c(Cl)cc2c1OC(F)(F)O2. The number of carbonyl (C=O) groups is 2. The van der Waals surface area contributed by atoms with Crippen LogP contribution in [0.3, 0.4) is 0 Å². The fraction of sp³-hybridized carbons (Fsp3) is 0.333. The standard InChI is InChI=1S/C24H16Cl2F5N5O4/c25-11-2-1-7-32-19(11)36-13(9-15(35-36)23(27,28)29)20(37)33-17-12(26)8-14-18(40-24(30,31)39-14)16(17)21(38)34-22(5-6-22)10-3-4-10/h1-2,7-10H,3-6H2,(H,33,37)(H,34,38). The minimum Gasteiger partial charge on any atom is -0.395 e. The molecule has 0 unspecified atom stereocenters. The Morgan fingerprint density at radius 1 is 1.07 bits per heavy atom. The number of anilines is 1. The van der Waals surface area contributed by atoms with Gasteiger partial charge in [-0.1, -0.05) is 23.2 Å². The topological polar surface area (TPSA) is 107 Å². The summed E-state index contributed by atoms with van der Waals surface area (Å²) in [6.45, 7) is 0. The van der Waals surface area contributed by atoms with Crippen molar-refractivity contribution in [3.05, 3.63) is 57.5 Å². The first-order valence-electron chi connectivity index (χ1n) is 11.8. The largest absolute Gasteiger partial charge is 0.586 e. The molecule has 3 aliphatic rings. The molecule has 3 heterocycles. The summed E-state index contributed by atoms with van der Waals surface area (Å²) in [7, 11) is 0. The number of carbonyl (C=O) groups excluding carboxylic acids is 2. The molecule has 0 spiro atoms. The van der Waals surface area contributed by atoms with E-state index in [9.17, 15) is 31.5 Å². The van der Waals surface area contributed by atoms with Crippen LogP contribution in [0, 0.1) is 5.92 Å². The van der Waals surface area contributed by atoms with Crippen molar-refractivity contribution < 1.29 is 41.0 Å². The summed E-state index contributed by atoms with van der Waals surface area (Å²) in [4.78, 5) is 30.8. The van der Waals surface area contributed by atoms with E-state index in [2.05, 4.69) is 30.2 Å². The fourth-order valence-electron chi connectivity index (χ4n) is 4.64. The number of hydrogen-bond donors (Lipinski definition) is 2. The zero-order valence-electron chi connectivity index (χ0n) is 19.9. The molecule has 3 aromatic rings. The Balaban J connectivity index is 1.43. The van der Waals surface area contributed by atoms with Crippen molar-refractivity contribution in [3.8, 4) is 17.3 Å². The first-order valence-corrected chi connectivity index (χ1v) is 12.6. The molecule has 0 bridgehead atoms. The number of nitrogens with zero attached hydrogens (tertiary/aromatic N) is 3. The van der Waals surface area contributed by atoms with Crippen molar-refractivity contribution in [2.45, 2.75) is 43.7 Å². The van der Waals surface area contributed by atoms with E-state index < -0.39 is 69.0 Å². The van der Waals surface area contributed by atoms with E-state index in [1.807, 2.05) is 0 Å². The Morgan fingerprint density at radius 3 is 2.42 bits per heavy atom. The van der Waals surface area contributed by atoms with Gasteiger partial charge in [0.1, 0.15) is 11.3 Å². The number of halogens is 7. The number of fused-ring (bicyclic) bond motifs is 1. The highest BCUT2D eigenvalue weighted by atomic mass is 35.5. The average molecular weight is 604 g/mol. The molecule has 2 aliphatic carbocycles. The second-order valence-electron chi connectivity index (χ2n) is 9.58. The molecule has 1 aromatic carbocycles. The van der Waals surface area contributed by atoms with Crippen LogP contribution < -0.4 is 20.1 Å². The van der Waals surface area contributed by atoms with E-state index in [4.69, 9.17) is 23.2 Å². The fourth-order valence-corrected chi connectivity index (χ4v) is 5.08. The molecule has 1 aliphatic heterocycles. The number of pyridine rings is 1. The summed E-state index contributed by atoms with van der Waals surface area (Å²) in [6, 6.07) is 4.08. The van der Waals surface area contributed by atoms with Gasteiger partial charge in [0, 0.05) is 23.9 Å². The maximum Gasteiger partial charge on any atom is 0.586 e. The van der Waals surface area contributed by atoms with Crippen LogP contribution in [0.2, 0.25) is 10.0 Å². The van der Waals surface area contributed by atoms with Gasteiger partial charge in [-0.15, -0.1) is 8.78 Å². The minimum atomic E-state index is -4.95. The molecule has 16 heteroatoms. The van der Waals surface area contributed by atoms with Crippen molar-refractivity contribution in [2.24, 2.45) is 5.92 Å². The average Bonchev–Trinajstić information content (AvgIpc) is 3.77. The number of benzene rings is 1. The van der Waals surface area contributed by atoms with Crippen LogP contribution in [-0.4, -0.2) is 38.4 Å². The van der Waals surface area contributed by atoms with E-state index in [1.54, 1.807) is 0 Å². The highest BCUT2D eigenvalue weighted by Gasteiger charge is 2.56. The second-order valence-corrected chi connectivity index (χ2v) is 10.4. The molecule has 2 saturated carbocycles. The lowest BCUT2D eigenvalue weighted by molar-refractivity contribution is -0.286. The van der Waals surface area contributed by atoms with E-state index in [1.165, 1.54) is 18.3 Å². The Labute approximate surface area is 231 Å². The molecule has 2 N–H and O–H groups in total. The van der Waals surface area contributed by atoms with Crippen molar-refractivity contribution in [2.75, 3.05) is 5.32 Å². The van der Waals surface area contributed by atoms with Crippen LogP contribution in [0.25, 0.3) is 5.82 Å². The number of amides is 2. The van der Waals surface area contributed by atoms with Gasteiger partial charge in [-0.25, -0.2) is 9.67 Å². The molecule has 2 aromatic heterocycles. The molecule has 0 radical (unpaired) electrons. The van der Waals surface area contributed by atoms with Crippen molar-refractivity contribution in [1.29, 1.82) is 0 Å². The Kier molecular flexibility index (Phi) is 5.93. The van der Waals surface area contributed by atoms with Crippen molar-refractivity contribution in [3.63, 3.8) is 0 Å². The maximum atomic E-state index is 14.0. The zero-order chi connectivity index (χ0) is 28.6. The van der Waals surface area contributed by atoms with Gasteiger partial charge in [0.05, 0.1) is 15.7 Å². The van der Waals surface area contributed by atoms with Crippen LogP contribution in [0.15, 0.2) is 30.5 Å². The van der Waals surface area contributed by atoms with Crippen LogP contribution in [0.1, 0.15) is 52.2 Å². The lowest BCUT2D eigenvalue weighted by Crippen LogP contribution is -2.39. The lowest BCUT2D eigenvalue weighted by atomic mass is 10.1. The Morgan fingerprint density at radius 2 is 1.80 bits per heavy atom. The monoisotopic (exact) mass is 603 g/mol. The van der Waals surface area contributed by atoms with Gasteiger partial charge in [-0.05, 0) is 43.7 Å². The quantitative estimate of drug-likeness (QED) is 0.343. The van der Waals surface area contributed by atoms with Crippen LogP contribution in [0.5, 0.6) is 11.5 Å². The second kappa shape index (κ2) is 8.93. The summed E-state index contributed by atoms with van der Waals surface area (Å²) in [5, 5.41) is 8.01. The first kappa shape index (κ1) is 26.6. The number of aromatic nitrogens is 3. The molecule has 2 amide bonds. The number of hydrogen-bond acceptors (Lipinski definition) is 6. The summed E-state index contributed by atoms with van der Waals surface area (Å²) in [5.41, 5.74) is -3.70. The highest BCUT2D eigenvalue weighted by Crippen LogP contribution is 2.55. The predicted molar refractivity (Wildman–Crippen MR) is 129 cm³/mol. The van der Waals surface area contributed by atoms with Crippen LogP contribution >= 0.6 is 23.2 Å². The first-order chi connectivity index (χ1) is 18.8. The third kappa shape index (κ3) is 4.68. The molecular formula is C24H16Cl2F5N5O4. The van der Waals surface area contributed by atoms with E-state index in [0.29, 0.717) is 23.6 Å². The normalized spacial score (nSPS) is 18.4. The third-order valence-corrected chi connectivity index (χ3v) is 7.39. The van der Waals surface area contributed by atoms with Gasteiger partial charge in [-0.3, -0.25) is 9.59 Å². The lowest BCUT2D eigenvalue weighted by Gasteiger charge is -2.20. The van der Waals surface area contributed by atoms with Gasteiger partial charge >= 0.3 is 12.5 Å². The maximum absolute atomic E-state index is 14.0. The van der Waals surface area contributed by atoms with Crippen molar-refractivity contribution in [1.82, 2.24) is 20.1 Å². The van der Waals surface area contributed by atoms with E-state index in [-0.39, 0.29) is 16.8 Å². The molecule has 0 atom stereocenters. The summed E-state index contributed by atoms with van der Waals surface area (Å²) < 4.78 is 78.2. The molecule has 40 heavy (non-hydrogen) atoms. The molecular weight excluding hydrogens is 588 g/mol. The molecule has 9 nitrogen and oxygen atoms in total. The van der Waals surface area contributed by atoms with Crippen molar-refractivity contribution >= 4 is 40.7 Å².